The molecule has 3 aliphatic rings. The Hall–Kier alpha value is -2.44. The number of carbonyl (C=O) groups excluding carboxylic acids is 3. The number of halogens is 1. The number of likely N-dealkylation sites (N-methyl/N-ethyl adjacent to an activating group) is 2. The average molecular weight is 554 g/mol. The van der Waals surface area contributed by atoms with Gasteiger partial charge in [0.15, 0.2) is 11.4 Å². The lowest BCUT2D eigenvalue weighted by molar-refractivity contribution is -0.153. The van der Waals surface area contributed by atoms with E-state index in [1.54, 1.807) is 20.2 Å². The van der Waals surface area contributed by atoms with E-state index in [0.717, 1.165) is 3.57 Å². The molecule has 4 rings (SSSR count). The monoisotopic (exact) mass is 554 g/mol. The Bertz CT molecular complexity index is 1140. The number of carbonyl (C=O) groups is 3. The summed E-state index contributed by atoms with van der Waals surface area (Å²) in [6.45, 7) is 0. The standard InChI is InChI=1S/C22H23IN2O7/c1-24-21(31)15-18(28)16(25(2)3)10-7-8-6-9-11(23)4-5-12(26)14(9)17(27)13(8)19(29)22(10,32)20(15)30/h4-5,8,10,16,26-27,30,32H,6-7H2,1-3H3,(H,24,31)/t8-,10-,16-,22-/m0/s1. The second-order valence-electron chi connectivity index (χ2n) is 8.60. The maximum atomic E-state index is 13.7. The zero-order valence-electron chi connectivity index (χ0n) is 17.6. The van der Waals surface area contributed by atoms with Crippen molar-refractivity contribution >= 4 is 45.8 Å². The summed E-state index contributed by atoms with van der Waals surface area (Å²) in [6, 6.07) is 2.07. The van der Waals surface area contributed by atoms with Crippen molar-refractivity contribution in [2.24, 2.45) is 11.8 Å². The summed E-state index contributed by atoms with van der Waals surface area (Å²) in [4.78, 5) is 40.7. The van der Waals surface area contributed by atoms with Gasteiger partial charge in [-0.2, -0.15) is 0 Å². The molecule has 0 saturated heterocycles. The Balaban J connectivity index is 1.99. The van der Waals surface area contributed by atoms with Crippen LogP contribution in [-0.4, -0.2) is 75.6 Å². The van der Waals surface area contributed by atoms with Crippen molar-refractivity contribution in [2.75, 3.05) is 21.1 Å². The molecule has 3 aliphatic carbocycles. The number of aromatic hydroxyl groups is 1. The van der Waals surface area contributed by atoms with Crippen LogP contribution in [0.15, 0.2) is 29.0 Å². The fourth-order valence-corrected chi connectivity index (χ4v) is 5.98. The number of hydrogen-bond acceptors (Lipinski definition) is 8. The van der Waals surface area contributed by atoms with Crippen LogP contribution in [0.4, 0.5) is 0 Å². The van der Waals surface area contributed by atoms with Gasteiger partial charge in [-0.3, -0.25) is 19.3 Å². The van der Waals surface area contributed by atoms with Crippen LogP contribution in [0.25, 0.3) is 5.76 Å². The fourth-order valence-electron chi connectivity index (χ4n) is 5.31. The molecule has 1 fully saturated rings. The topological polar surface area (TPSA) is 147 Å². The predicted molar refractivity (Wildman–Crippen MR) is 122 cm³/mol. The summed E-state index contributed by atoms with van der Waals surface area (Å²) in [5.41, 5.74) is -2.58. The van der Waals surface area contributed by atoms with E-state index in [1.807, 2.05) is 0 Å². The Morgan fingerprint density at radius 2 is 1.88 bits per heavy atom. The van der Waals surface area contributed by atoms with Crippen LogP contribution >= 0.6 is 22.6 Å². The van der Waals surface area contributed by atoms with E-state index in [9.17, 15) is 34.8 Å². The zero-order chi connectivity index (χ0) is 23.7. The van der Waals surface area contributed by atoms with Crippen molar-refractivity contribution in [2.45, 2.75) is 24.5 Å². The van der Waals surface area contributed by atoms with E-state index in [-0.39, 0.29) is 23.3 Å². The number of aliphatic hydroxyl groups excluding tert-OH is 2. The second-order valence-corrected chi connectivity index (χ2v) is 9.76. The molecular formula is C22H23IN2O7. The fraction of sp³-hybridized carbons (Fsp3) is 0.409. The molecule has 32 heavy (non-hydrogen) atoms. The molecule has 0 heterocycles. The quantitative estimate of drug-likeness (QED) is 0.267. The summed E-state index contributed by atoms with van der Waals surface area (Å²) in [5.74, 6) is -5.83. The molecule has 9 nitrogen and oxygen atoms in total. The first-order chi connectivity index (χ1) is 15.0. The maximum Gasteiger partial charge on any atom is 0.258 e. The second kappa shape index (κ2) is 7.56. The van der Waals surface area contributed by atoms with Crippen molar-refractivity contribution in [1.82, 2.24) is 10.2 Å². The van der Waals surface area contributed by atoms with Crippen molar-refractivity contribution in [3.8, 4) is 5.75 Å². The first-order valence-corrected chi connectivity index (χ1v) is 11.1. The number of nitrogens with zero attached hydrogens (tertiary/aromatic N) is 1. The summed E-state index contributed by atoms with van der Waals surface area (Å²) < 4.78 is 0.794. The van der Waals surface area contributed by atoms with Gasteiger partial charge >= 0.3 is 0 Å². The van der Waals surface area contributed by atoms with Crippen LogP contribution in [-0.2, 0) is 20.8 Å². The average Bonchev–Trinajstić information content (AvgIpc) is 2.73. The van der Waals surface area contributed by atoms with Crippen LogP contribution in [0.5, 0.6) is 5.75 Å². The largest absolute Gasteiger partial charge is 0.508 e. The summed E-state index contributed by atoms with van der Waals surface area (Å²) in [6.07, 6.45) is 0.410. The molecule has 0 aliphatic heterocycles. The minimum atomic E-state index is -2.57. The molecule has 170 valence electrons. The van der Waals surface area contributed by atoms with E-state index in [1.165, 1.54) is 18.0 Å². The first-order valence-electron chi connectivity index (χ1n) is 10.0. The third-order valence-corrected chi connectivity index (χ3v) is 7.77. The van der Waals surface area contributed by atoms with Gasteiger partial charge < -0.3 is 25.7 Å². The predicted octanol–water partition coefficient (Wildman–Crippen LogP) is 0.829. The number of hydrogen-bond donors (Lipinski definition) is 5. The Morgan fingerprint density at radius 3 is 2.47 bits per heavy atom. The van der Waals surface area contributed by atoms with Gasteiger partial charge in [0, 0.05) is 22.1 Å². The Morgan fingerprint density at radius 1 is 1.22 bits per heavy atom. The number of rotatable bonds is 2. The molecule has 10 heteroatoms. The first kappa shape index (κ1) is 22.7. The highest BCUT2D eigenvalue weighted by Gasteiger charge is 2.64. The van der Waals surface area contributed by atoms with Crippen molar-refractivity contribution < 1.29 is 34.8 Å². The van der Waals surface area contributed by atoms with Gasteiger partial charge in [-0.05, 0) is 73.1 Å². The van der Waals surface area contributed by atoms with Crippen molar-refractivity contribution in [3.05, 3.63) is 43.7 Å². The molecule has 5 N–H and O–H groups in total. The minimum absolute atomic E-state index is 0.104. The third kappa shape index (κ3) is 2.85. The number of fused-ring (bicyclic) bond motifs is 3. The molecular weight excluding hydrogens is 531 g/mol. The molecule has 0 unspecified atom stereocenters. The molecule has 0 bridgehead atoms. The number of phenolic OH excluding ortho intramolecular Hbond substituents is 1. The number of nitrogens with one attached hydrogen (secondary N) is 1. The summed E-state index contributed by atoms with van der Waals surface area (Å²) in [5, 5.41) is 46.1. The van der Waals surface area contributed by atoms with Crippen LogP contribution in [0, 0.1) is 15.4 Å². The SMILES string of the molecule is CNC(=O)C1=C(O)[C@@]2(O)C(=O)C3=C(O)c4c(O)ccc(I)c4C[C@H]3C[C@H]2[C@H](N(C)C)C1=O. The Kier molecular flexibility index (Phi) is 5.37. The number of ketones is 2. The normalized spacial score (nSPS) is 29.6. The number of Topliss-reactive ketones (excluding diaryl/α,β-unsaturated/α-hetero) is 2. The highest BCUT2D eigenvalue weighted by molar-refractivity contribution is 14.1. The Labute approximate surface area is 197 Å². The highest BCUT2D eigenvalue weighted by Crippen LogP contribution is 2.52. The van der Waals surface area contributed by atoms with Crippen molar-refractivity contribution in [1.29, 1.82) is 0 Å². The molecule has 0 aromatic heterocycles. The minimum Gasteiger partial charge on any atom is -0.508 e. The smallest absolute Gasteiger partial charge is 0.258 e. The number of aliphatic hydroxyl groups is 3. The zero-order valence-corrected chi connectivity index (χ0v) is 19.8. The van der Waals surface area contributed by atoms with Crippen LogP contribution in [0.2, 0.25) is 0 Å². The van der Waals surface area contributed by atoms with Gasteiger partial charge in [0.25, 0.3) is 5.91 Å². The van der Waals surface area contributed by atoms with Crippen LogP contribution in [0.3, 0.4) is 0 Å². The van der Waals surface area contributed by atoms with Gasteiger partial charge in [-0.1, -0.05) is 0 Å². The number of phenols is 1. The van der Waals surface area contributed by atoms with E-state index in [0.29, 0.717) is 12.0 Å². The van der Waals surface area contributed by atoms with Gasteiger partial charge in [-0.25, -0.2) is 0 Å². The van der Waals surface area contributed by atoms with E-state index in [2.05, 4.69) is 27.9 Å². The van der Waals surface area contributed by atoms with E-state index < -0.39 is 58.0 Å². The molecule has 4 atom stereocenters. The lowest BCUT2D eigenvalue weighted by Crippen LogP contribution is -2.65. The van der Waals surface area contributed by atoms with Crippen molar-refractivity contribution in [3.63, 3.8) is 0 Å². The maximum absolute atomic E-state index is 13.7. The van der Waals surface area contributed by atoms with Gasteiger partial charge in [0.2, 0.25) is 5.78 Å². The summed E-state index contributed by atoms with van der Waals surface area (Å²) >= 11 is 2.08. The molecule has 1 amide bonds. The lowest BCUT2D eigenvalue weighted by Gasteiger charge is -2.50. The summed E-state index contributed by atoms with van der Waals surface area (Å²) in [7, 11) is 4.46. The van der Waals surface area contributed by atoms with Crippen LogP contribution < -0.4 is 5.32 Å². The van der Waals surface area contributed by atoms with E-state index >= 15 is 0 Å². The molecule has 0 spiro atoms. The number of benzene rings is 1. The van der Waals surface area contributed by atoms with E-state index in [4.69, 9.17) is 0 Å². The van der Waals surface area contributed by atoms with Gasteiger partial charge in [-0.15, -0.1) is 0 Å². The third-order valence-electron chi connectivity index (χ3n) is 6.75. The highest BCUT2D eigenvalue weighted by atomic mass is 127. The molecule has 0 radical (unpaired) electrons. The number of amides is 1. The molecule has 1 saturated carbocycles. The van der Waals surface area contributed by atoms with Gasteiger partial charge in [0.05, 0.1) is 11.6 Å². The lowest BCUT2D eigenvalue weighted by atomic mass is 9.57. The van der Waals surface area contributed by atoms with Gasteiger partial charge in [0.1, 0.15) is 22.8 Å². The van der Waals surface area contributed by atoms with Crippen LogP contribution in [0.1, 0.15) is 17.5 Å². The molecule has 1 aromatic carbocycles. The molecule has 1 aromatic rings.